The van der Waals surface area contributed by atoms with Crippen LogP contribution in [-0.2, 0) is 9.84 Å². The lowest BCUT2D eigenvalue weighted by molar-refractivity contribution is 0.593. The number of aromatic nitrogens is 3. The van der Waals surface area contributed by atoms with Crippen molar-refractivity contribution in [3.05, 3.63) is 30.6 Å². The smallest absolute Gasteiger partial charge is 0.247 e. The van der Waals surface area contributed by atoms with Gasteiger partial charge in [0.15, 0.2) is 0 Å². The molecule has 2 heterocycles. The molecule has 0 saturated carbocycles. The fraction of sp³-hybridized carbons (Fsp3) is 0.111. The summed E-state index contributed by atoms with van der Waals surface area (Å²) in [7, 11) is -3.35. The minimum absolute atomic E-state index is 0.158. The van der Waals surface area contributed by atoms with E-state index in [4.69, 9.17) is 0 Å². The molecule has 6 heteroatoms. The van der Waals surface area contributed by atoms with Gasteiger partial charge in [0.2, 0.25) is 15.0 Å². The van der Waals surface area contributed by atoms with Crippen molar-refractivity contribution in [1.29, 1.82) is 0 Å². The predicted molar refractivity (Wildman–Crippen MR) is 54.9 cm³/mol. The van der Waals surface area contributed by atoms with E-state index >= 15 is 0 Å². The maximum Gasteiger partial charge on any atom is 0.247 e. The average molecular weight is 223 g/mol. The molecule has 0 aliphatic heterocycles. The van der Waals surface area contributed by atoms with Crippen LogP contribution in [-0.4, -0.2) is 29.6 Å². The summed E-state index contributed by atoms with van der Waals surface area (Å²) in [6.07, 6.45) is 4.26. The Bertz CT molecular complexity index is 561. The van der Waals surface area contributed by atoms with Crippen LogP contribution in [0.15, 0.2) is 35.7 Å². The Morgan fingerprint density at radius 2 is 2.13 bits per heavy atom. The van der Waals surface area contributed by atoms with Gasteiger partial charge in [-0.3, -0.25) is 0 Å². The van der Waals surface area contributed by atoms with Crippen molar-refractivity contribution in [1.82, 2.24) is 15.0 Å². The first-order valence-electron chi connectivity index (χ1n) is 4.24. The first-order valence-corrected chi connectivity index (χ1v) is 6.13. The Hall–Kier alpha value is -1.69. The topological polar surface area (TPSA) is 75.7 Å². The molecule has 0 aliphatic rings. The van der Waals surface area contributed by atoms with Crippen LogP contribution in [0.4, 0.5) is 0 Å². The van der Waals surface area contributed by atoms with Crippen LogP contribution in [0.3, 0.4) is 0 Å². The van der Waals surface area contributed by atoms with E-state index in [1.807, 2.05) is 12.1 Å². The van der Waals surface area contributed by atoms with Crippen molar-refractivity contribution in [2.24, 2.45) is 0 Å². The molecular weight excluding hydrogens is 214 g/mol. The standard InChI is InChI=1S/C9H9N3O2S/c1-15(13,14)9-11-6-4-8(12-9)7-3-2-5-10-7/h2-6,10H,1H3. The van der Waals surface area contributed by atoms with Crippen molar-refractivity contribution in [3.63, 3.8) is 0 Å². The third-order valence-corrected chi connectivity index (χ3v) is 2.70. The van der Waals surface area contributed by atoms with Crippen LogP contribution in [0.25, 0.3) is 11.4 Å². The maximum absolute atomic E-state index is 11.2. The Morgan fingerprint density at radius 3 is 2.73 bits per heavy atom. The molecule has 0 radical (unpaired) electrons. The van der Waals surface area contributed by atoms with Crippen LogP contribution in [0.2, 0.25) is 0 Å². The van der Waals surface area contributed by atoms with E-state index in [-0.39, 0.29) is 5.16 Å². The van der Waals surface area contributed by atoms with E-state index in [0.29, 0.717) is 5.69 Å². The number of hydrogen-bond acceptors (Lipinski definition) is 4. The number of nitrogens with one attached hydrogen (secondary N) is 1. The lowest BCUT2D eigenvalue weighted by atomic mass is 10.3. The van der Waals surface area contributed by atoms with Crippen LogP contribution in [0, 0.1) is 0 Å². The molecule has 2 aromatic heterocycles. The molecule has 0 saturated heterocycles. The van der Waals surface area contributed by atoms with Gasteiger partial charge < -0.3 is 4.98 Å². The summed E-state index contributed by atoms with van der Waals surface area (Å²) >= 11 is 0. The Morgan fingerprint density at radius 1 is 1.33 bits per heavy atom. The second kappa shape index (κ2) is 3.47. The minimum atomic E-state index is -3.35. The van der Waals surface area contributed by atoms with Crippen molar-refractivity contribution in [2.45, 2.75) is 5.16 Å². The van der Waals surface area contributed by atoms with Gasteiger partial charge in [-0.2, -0.15) is 0 Å². The quantitative estimate of drug-likeness (QED) is 0.767. The summed E-state index contributed by atoms with van der Waals surface area (Å²) in [6.45, 7) is 0. The number of aromatic amines is 1. The molecule has 5 nitrogen and oxygen atoms in total. The van der Waals surface area contributed by atoms with Gasteiger partial charge >= 0.3 is 0 Å². The zero-order valence-electron chi connectivity index (χ0n) is 8.01. The molecule has 0 aromatic carbocycles. The Balaban J connectivity index is 2.53. The maximum atomic E-state index is 11.2. The highest BCUT2D eigenvalue weighted by atomic mass is 32.2. The summed E-state index contributed by atoms with van der Waals surface area (Å²) in [5, 5.41) is -0.158. The molecule has 0 bridgehead atoms. The highest BCUT2D eigenvalue weighted by Crippen LogP contribution is 2.14. The second-order valence-corrected chi connectivity index (χ2v) is 4.99. The zero-order valence-corrected chi connectivity index (χ0v) is 8.82. The monoisotopic (exact) mass is 223 g/mol. The van der Waals surface area contributed by atoms with E-state index in [1.165, 1.54) is 6.20 Å². The molecule has 1 N–H and O–H groups in total. The zero-order chi connectivity index (χ0) is 10.9. The molecule has 0 spiro atoms. The highest BCUT2D eigenvalue weighted by Gasteiger charge is 2.11. The molecule has 0 fully saturated rings. The van der Waals surface area contributed by atoms with Crippen molar-refractivity contribution >= 4 is 9.84 Å². The first kappa shape index (κ1) is 9.85. The van der Waals surface area contributed by atoms with Crippen LogP contribution in [0.1, 0.15) is 0 Å². The van der Waals surface area contributed by atoms with Crippen LogP contribution in [0.5, 0.6) is 0 Å². The molecule has 0 unspecified atom stereocenters. The van der Waals surface area contributed by atoms with E-state index in [1.54, 1.807) is 12.3 Å². The predicted octanol–water partition coefficient (Wildman–Crippen LogP) is 0.875. The number of sulfone groups is 1. The summed E-state index contributed by atoms with van der Waals surface area (Å²) < 4.78 is 22.4. The van der Waals surface area contributed by atoms with Gasteiger partial charge in [-0.1, -0.05) is 0 Å². The van der Waals surface area contributed by atoms with Crippen molar-refractivity contribution < 1.29 is 8.42 Å². The SMILES string of the molecule is CS(=O)(=O)c1nccc(-c2ccc[nH]2)n1. The summed E-state index contributed by atoms with van der Waals surface area (Å²) in [6, 6.07) is 5.28. The molecule has 2 rings (SSSR count). The van der Waals surface area contributed by atoms with Crippen LogP contribution >= 0.6 is 0 Å². The van der Waals surface area contributed by atoms with Gasteiger partial charge in [0, 0.05) is 18.6 Å². The lowest BCUT2D eigenvalue weighted by Crippen LogP contribution is -2.04. The third-order valence-electron chi connectivity index (χ3n) is 1.84. The van der Waals surface area contributed by atoms with E-state index < -0.39 is 9.84 Å². The number of hydrogen-bond donors (Lipinski definition) is 1. The Kier molecular flexibility index (Phi) is 2.28. The number of nitrogens with zero attached hydrogens (tertiary/aromatic N) is 2. The fourth-order valence-corrected chi connectivity index (χ4v) is 1.68. The summed E-state index contributed by atoms with van der Waals surface area (Å²) in [5.74, 6) is 0. The van der Waals surface area contributed by atoms with Gasteiger partial charge in [-0.05, 0) is 18.2 Å². The summed E-state index contributed by atoms with van der Waals surface area (Å²) in [5.41, 5.74) is 1.33. The fourth-order valence-electron chi connectivity index (χ4n) is 1.16. The van der Waals surface area contributed by atoms with E-state index in [9.17, 15) is 8.42 Å². The molecule has 0 atom stereocenters. The largest absolute Gasteiger partial charge is 0.360 e. The van der Waals surface area contributed by atoms with Gasteiger partial charge in [0.1, 0.15) is 0 Å². The third kappa shape index (κ3) is 2.04. The van der Waals surface area contributed by atoms with Crippen LogP contribution < -0.4 is 0 Å². The number of rotatable bonds is 2. The van der Waals surface area contributed by atoms with Crippen molar-refractivity contribution in [3.8, 4) is 11.4 Å². The molecule has 78 valence electrons. The molecule has 15 heavy (non-hydrogen) atoms. The van der Waals surface area contributed by atoms with Gasteiger partial charge in [-0.25, -0.2) is 18.4 Å². The summed E-state index contributed by atoms with van der Waals surface area (Å²) in [4.78, 5) is 10.6. The average Bonchev–Trinajstić information content (AvgIpc) is 2.69. The molecule has 0 aliphatic carbocycles. The van der Waals surface area contributed by atoms with Gasteiger partial charge in [-0.15, -0.1) is 0 Å². The molecule has 0 amide bonds. The number of H-pyrrole nitrogens is 1. The highest BCUT2D eigenvalue weighted by molar-refractivity contribution is 7.90. The van der Waals surface area contributed by atoms with Crippen molar-refractivity contribution in [2.75, 3.05) is 6.26 Å². The molecular formula is C9H9N3O2S. The normalized spacial score (nSPS) is 11.5. The second-order valence-electron chi connectivity index (χ2n) is 3.08. The first-order chi connectivity index (χ1) is 7.07. The lowest BCUT2D eigenvalue weighted by Gasteiger charge is -1.99. The minimum Gasteiger partial charge on any atom is -0.360 e. The van der Waals surface area contributed by atoms with Gasteiger partial charge in [0.25, 0.3) is 0 Å². The Labute approximate surface area is 87.1 Å². The molecule has 2 aromatic rings. The van der Waals surface area contributed by atoms with E-state index in [2.05, 4.69) is 15.0 Å². The van der Waals surface area contributed by atoms with E-state index in [0.717, 1.165) is 11.9 Å². The van der Waals surface area contributed by atoms with Gasteiger partial charge in [0.05, 0.1) is 11.4 Å².